The second-order valence-electron chi connectivity index (χ2n) is 6.04. The molecule has 0 saturated carbocycles. The Balaban J connectivity index is 1.86. The summed E-state index contributed by atoms with van der Waals surface area (Å²) in [4.78, 5) is 25.7. The number of thiocarbonyl (C=S) groups is 1. The third-order valence-electron chi connectivity index (χ3n) is 4.17. The zero-order valence-electron chi connectivity index (χ0n) is 16.5. The van der Waals surface area contributed by atoms with Crippen molar-refractivity contribution in [2.75, 3.05) is 21.3 Å². The summed E-state index contributed by atoms with van der Waals surface area (Å²) in [5.41, 5.74) is 3.27. The van der Waals surface area contributed by atoms with E-state index < -0.39 is 11.8 Å². The fourth-order valence-electron chi connectivity index (χ4n) is 2.74. The molecule has 1 heterocycles. The van der Waals surface area contributed by atoms with Gasteiger partial charge < -0.3 is 14.2 Å². The summed E-state index contributed by atoms with van der Waals surface area (Å²) >= 11 is 18.2. The normalized spacial score (nSPS) is 14.7. The molecule has 1 aliphatic rings. The highest BCUT2D eigenvalue weighted by atomic mass is 35.5. The minimum atomic E-state index is -0.591. The monoisotopic (exact) mass is 498 g/mol. The molecule has 7 nitrogen and oxygen atoms in total. The lowest BCUT2D eigenvalue weighted by Gasteiger charge is -2.16. The molecular weight excluding hydrogens is 483 g/mol. The van der Waals surface area contributed by atoms with Crippen LogP contribution in [0.2, 0.25) is 10.0 Å². The topological polar surface area (TPSA) is 77.1 Å². The Kier molecular flexibility index (Phi) is 7.32. The average molecular weight is 499 g/mol. The standard InChI is InChI=1S/C20H16Cl2N2O5S2/c1-27-14-6-10(7-15(28-2)17(14)29-3)8-16-19(26)24(20(30)31-16)23-18(25)12-5-4-11(21)9-13(12)22/h4-9H,1-3H3,(H,23,25). The lowest BCUT2D eigenvalue weighted by Crippen LogP contribution is -2.44. The van der Waals surface area contributed by atoms with Gasteiger partial charge in [0.1, 0.15) is 0 Å². The van der Waals surface area contributed by atoms with Gasteiger partial charge in [-0.05, 0) is 54.2 Å². The van der Waals surface area contributed by atoms with E-state index in [0.717, 1.165) is 16.8 Å². The van der Waals surface area contributed by atoms with Crippen molar-refractivity contribution < 1.29 is 23.8 Å². The molecule has 2 aromatic rings. The van der Waals surface area contributed by atoms with E-state index in [4.69, 9.17) is 49.6 Å². The summed E-state index contributed by atoms with van der Waals surface area (Å²) in [6.07, 6.45) is 1.62. The van der Waals surface area contributed by atoms with Gasteiger partial charge in [-0.1, -0.05) is 35.0 Å². The van der Waals surface area contributed by atoms with Crippen LogP contribution in [0.5, 0.6) is 17.2 Å². The number of methoxy groups -OCH3 is 3. The maximum absolute atomic E-state index is 12.9. The van der Waals surface area contributed by atoms with Gasteiger partial charge in [-0.3, -0.25) is 15.0 Å². The Morgan fingerprint density at radius 1 is 1.10 bits per heavy atom. The first-order valence-corrected chi connectivity index (χ1v) is 10.6. The summed E-state index contributed by atoms with van der Waals surface area (Å²) < 4.78 is 16.1. The molecule has 0 spiro atoms. The van der Waals surface area contributed by atoms with E-state index in [1.165, 1.54) is 39.5 Å². The van der Waals surface area contributed by atoms with E-state index >= 15 is 0 Å². The number of carbonyl (C=O) groups is 2. The number of benzene rings is 2. The quantitative estimate of drug-likeness (QED) is 0.461. The van der Waals surface area contributed by atoms with Gasteiger partial charge in [0.25, 0.3) is 11.8 Å². The predicted molar refractivity (Wildman–Crippen MR) is 125 cm³/mol. The fourth-order valence-corrected chi connectivity index (χ4v) is 4.41. The van der Waals surface area contributed by atoms with Crippen LogP contribution < -0.4 is 19.6 Å². The summed E-state index contributed by atoms with van der Waals surface area (Å²) in [7, 11) is 4.50. The number of carbonyl (C=O) groups excluding carboxylic acids is 2. The van der Waals surface area contributed by atoms with Crippen LogP contribution in [-0.4, -0.2) is 42.5 Å². The van der Waals surface area contributed by atoms with Gasteiger partial charge in [0.2, 0.25) is 5.75 Å². The second-order valence-corrected chi connectivity index (χ2v) is 8.56. The number of hydrazine groups is 1. The molecule has 3 rings (SSSR count). The molecule has 0 aliphatic carbocycles. The van der Waals surface area contributed by atoms with Crippen LogP contribution in [0.4, 0.5) is 0 Å². The Bertz CT molecular complexity index is 1080. The van der Waals surface area contributed by atoms with Crippen LogP contribution in [-0.2, 0) is 4.79 Å². The summed E-state index contributed by atoms with van der Waals surface area (Å²) in [5, 5.41) is 1.54. The molecule has 0 atom stereocenters. The van der Waals surface area contributed by atoms with Gasteiger partial charge in [0.05, 0.1) is 36.8 Å². The van der Waals surface area contributed by atoms with Crippen LogP contribution in [0.1, 0.15) is 15.9 Å². The summed E-state index contributed by atoms with van der Waals surface area (Å²) in [5.74, 6) is 0.236. The van der Waals surface area contributed by atoms with Crippen molar-refractivity contribution >= 4 is 69.4 Å². The molecule has 0 aromatic heterocycles. The van der Waals surface area contributed by atoms with E-state index in [1.54, 1.807) is 18.2 Å². The van der Waals surface area contributed by atoms with E-state index in [-0.39, 0.29) is 14.9 Å². The smallest absolute Gasteiger partial charge is 0.285 e. The van der Waals surface area contributed by atoms with Crippen LogP contribution in [0.3, 0.4) is 0 Å². The Hall–Kier alpha value is -2.46. The van der Waals surface area contributed by atoms with Crippen LogP contribution in [0.15, 0.2) is 35.2 Å². The minimum absolute atomic E-state index is 0.156. The molecule has 1 aliphatic heterocycles. The molecule has 0 unspecified atom stereocenters. The highest BCUT2D eigenvalue weighted by Crippen LogP contribution is 2.40. The van der Waals surface area contributed by atoms with Gasteiger partial charge in [0.15, 0.2) is 15.8 Å². The molecule has 0 radical (unpaired) electrons. The number of halogens is 2. The number of amides is 2. The number of rotatable bonds is 6. The van der Waals surface area contributed by atoms with Crippen molar-refractivity contribution in [3.05, 3.63) is 56.4 Å². The average Bonchev–Trinajstić information content (AvgIpc) is 3.00. The molecule has 162 valence electrons. The van der Waals surface area contributed by atoms with Crippen LogP contribution >= 0.6 is 47.2 Å². The number of nitrogens with zero attached hydrogens (tertiary/aromatic N) is 1. The molecule has 1 fully saturated rings. The fraction of sp³-hybridized carbons (Fsp3) is 0.150. The number of thioether (sulfide) groups is 1. The number of hydrogen-bond donors (Lipinski definition) is 1. The first-order chi connectivity index (χ1) is 14.8. The number of hydrogen-bond acceptors (Lipinski definition) is 7. The zero-order chi connectivity index (χ0) is 22.7. The van der Waals surface area contributed by atoms with Crippen molar-refractivity contribution in [2.45, 2.75) is 0 Å². The van der Waals surface area contributed by atoms with Crippen molar-refractivity contribution in [1.82, 2.24) is 10.4 Å². The first kappa shape index (κ1) is 23.2. The largest absolute Gasteiger partial charge is 0.493 e. The Morgan fingerprint density at radius 2 is 1.74 bits per heavy atom. The lowest BCUT2D eigenvalue weighted by molar-refractivity contribution is -0.123. The van der Waals surface area contributed by atoms with E-state index in [1.807, 2.05) is 0 Å². The zero-order valence-corrected chi connectivity index (χ0v) is 19.7. The third-order valence-corrected chi connectivity index (χ3v) is 6.02. The third kappa shape index (κ3) is 4.90. The molecule has 1 N–H and O–H groups in total. The SMILES string of the molecule is COc1cc(C=C2SC(=S)N(NC(=O)c3ccc(Cl)cc3Cl)C2=O)cc(OC)c1OC. The van der Waals surface area contributed by atoms with E-state index in [2.05, 4.69) is 5.43 Å². The summed E-state index contributed by atoms with van der Waals surface area (Å²) in [6.45, 7) is 0. The second kappa shape index (κ2) is 9.78. The maximum atomic E-state index is 12.9. The van der Waals surface area contributed by atoms with Gasteiger partial charge in [-0.2, -0.15) is 5.01 Å². The molecule has 0 bridgehead atoms. The van der Waals surface area contributed by atoms with Gasteiger partial charge >= 0.3 is 0 Å². The number of ether oxygens (including phenoxy) is 3. The highest BCUT2D eigenvalue weighted by molar-refractivity contribution is 8.26. The van der Waals surface area contributed by atoms with Crippen molar-refractivity contribution in [3.8, 4) is 17.2 Å². The summed E-state index contributed by atoms with van der Waals surface area (Å²) in [6, 6.07) is 7.81. The lowest BCUT2D eigenvalue weighted by atomic mass is 10.1. The number of nitrogens with one attached hydrogen (secondary N) is 1. The maximum Gasteiger partial charge on any atom is 0.285 e. The predicted octanol–water partition coefficient (Wildman–Crippen LogP) is 4.57. The van der Waals surface area contributed by atoms with E-state index in [0.29, 0.717) is 32.7 Å². The Morgan fingerprint density at radius 3 is 2.29 bits per heavy atom. The molecular formula is C20H16Cl2N2O5S2. The molecule has 2 aromatic carbocycles. The molecule has 31 heavy (non-hydrogen) atoms. The van der Waals surface area contributed by atoms with Gasteiger partial charge in [0, 0.05) is 5.02 Å². The Labute approximate surface area is 198 Å². The van der Waals surface area contributed by atoms with Crippen LogP contribution in [0.25, 0.3) is 6.08 Å². The first-order valence-electron chi connectivity index (χ1n) is 8.63. The van der Waals surface area contributed by atoms with Gasteiger partial charge in [-0.15, -0.1) is 0 Å². The van der Waals surface area contributed by atoms with Crippen molar-refractivity contribution in [3.63, 3.8) is 0 Å². The minimum Gasteiger partial charge on any atom is -0.493 e. The molecule has 1 saturated heterocycles. The van der Waals surface area contributed by atoms with Crippen molar-refractivity contribution in [2.24, 2.45) is 0 Å². The van der Waals surface area contributed by atoms with Crippen molar-refractivity contribution in [1.29, 1.82) is 0 Å². The van der Waals surface area contributed by atoms with E-state index in [9.17, 15) is 9.59 Å². The van der Waals surface area contributed by atoms with Crippen LogP contribution in [0, 0.1) is 0 Å². The molecule has 2 amide bonds. The van der Waals surface area contributed by atoms with Gasteiger partial charge in [-0.25, -0.2) is 0 Å². The highest BCUT2D eigenvalue weighted by Gasteiger charge is 2.34. The molecule has 11 heteroatoms.